The van der Waals surface area contributed by atoms with E-state index in [1.807, 2.05) is 0 Å². The van der Waals surface area contributed by atoms with Crippen LogP contribution in [-0.4, -0.2) is 11.0 Å². The first kappa shape index (κ1) is 89.3. The minimum absolute atomic E-state index is 0. The summed E-state index contributed by atoms with van der Waals surface area (Å²) in [6.07, 6.45) is 0. The third-order valence-corrected chi connectivity index (χ3v) is 0. The van der Waals surface area contributed by atoms with Crippen LogP contribution in [0, 0.1) is 0 Å². The Bertz CT molecular complexity index is 6.00. The van der Waals surface area contributed by atoms with E-state index in [0.717, 1.165) is 0 Å². The fraction of sp³-hybridized carbons (Fsp3) is 0. The fourth-order valence-electron chi connectivity index (χ4n) is 0. The molecule has 0 rings (SSSR count). The fourth-order valence-corrected chi connectivity index (χ4v) is 0. The van der Waals surface area contributed by atoms with Crippen molar-refractivity contribution in [1.29, 1.82) is 0 Å². The minimum Gasteiger partial charge on any atom is -0.412 e. The quantitative estimate of drug-likeness (QED) is 0.375. The zero-order valence-electron chi connectivity index (χ0n) is 1.65. The van der Waals surface area contributed by atoms with Gasteiger partial charge in [0, 0.05) is 33.3 Å². The molecule has 0 aliphatic carbocycles. The third-order valence-electron chi connectivity index (χ3n) is 0. The van der Waals surface area contributed by atoms with Crippen molar-refractivity contribution < 1.29 is 44.2 Å². The number of rotatable bonds is 0. The molecule has 0 unspecified atom stereocenters. The Morgan fingerprint density at radius 2 is 0.750 bits per heavy atom. The molecule has 0 saturated heterocycles. The van der Waals surface area contributed by atoms with E-state index in [0.29, 0.717) is 0 Å². The van der Waals surface area contributed by atoms with Crippen molar-refractivity contribution in [2.24, 2.45) is 0 Å². The molecule has 4 N–H and O–H groups in total. The number of hydrogen-bond donors (Lipinski definition) is 0. The van der Waals surface area contributed by atoms with E-state index >= 15 is 0 Å². The molecule has 0 atom stereocenters. The molecule has 0 aromatic carbocycles. The average Bonchev–Trinajstić information content (AvgIpc) is 0. The molecule has 0 saturated carbocycles. The molecular weight excluding hydrogens is 150 g/mol. The molecule has 0 aliphatic rings. The van der Waals surface area contributed by atoms with Crippen molar-refractivity contribution in [3.8, 4) is 0 Å². The maximum atomic E-state index is 0. The van der Waals surface area contributed by atoms with Gasteiger partial charge < -0.3 is 11.0 Å². The molecule has 0 aliphatic heterocycles. The minimum atomic E-state index is 0. The van der Waals surface area contributed by atoms with Crippen LogP contribution in [0.25, 0.3) is 0 Å². The van der Waals surface area contributed by atoms with Gasteiger partial charge in [-0.1, -0.05) is 0 Å². The predicted molar refractivity (Wildman–Crippen MR) is 7.23 cm³/mol. The third kappa shape index (κ3) is 12.7. The molecule has 1 radical (unpaired) electrons. The topological polar surface area (TPSA) is 63.0 Å². The summed E-state index contributed by atoms with van der Waals surface area (Å²) in [7, 11) is 0. The summed E-state index contributed by atoms with van der Waals surface area (Å²) in [6.45, 7) is 0. The second-order valence-electron chi connectivity index (χ2n) is 0. The smallest absolute Gasteiger partial charge is 0 e. The first-order valence-corrected chi connectivity index (χ1v) is 0. The predicted octanol–water partition coefficient (Wildman–Crippen LogP) is -1.65. The van der Waals surface area contributed by atoms with Crippen LogP contribution in [0.3, 0.4) is 0 Å². The van der Waals surface area contributed by atoms with Crippen molar-refractivity contribution in [3.63, 3.8) is 0 Å². The van der Waals surface area contributed by atoms with Crippen LogP contribution in [0.2, 0.25) is 0 Å². The van der Waals surface area contributed by atoms with Crippen molar-refractivity contribution in [1.82, 2.24) is 0 Å². The van der Waals surface area contributed by atoms with E-state index in [1.54, 1.807) is 0 Å². The zero-order valence-corrected chi connectivity index (χ0v) is 3.68. The van der Waals surface area contributed by atoms with Crippen LogP contribution in [-0.2, 0) is 33.3 Å². The Labute approximate surface area is 44.7 Å². The maximum Gasteiger partial charge on any atom is 0 e. The van der Waals surface area contributed by atoms with Crippen LogP contribution in [0.5, 0.6) is 0 Å². The molecule has 2 nitrogen and oxygen atoms in total. The Kier molecular flexibility index (Phi) is 882. The van der Waals surface area contributed by atoms with Gasteiger partial charge in [0.05, 0.1) is 0 Å². The normalized spacial score (nSPS) is 0. The second-order valence-corrected chi connectivity index (χ2v) is 0. The largest absolute Gasteiger partial charge is 0.412 e. The summed E-state index contributed by atoms with van der Waals surface area (Å²) in [6, 6.07) is 0. The average molecular weight is 154 g/mol. The summed E-state index contributed by atoms with van der Waals surface area (Å²) in [5, 5.41) is 0. The van der Waals surface area contributed by atoms with Crippen LogP contribution < -0.4 is 0 Å². The molecule has 0 amide bonds. The van der Waals surface area contributed by atoms with E-state index in [1.165, 1.54) is 0 Å². The van der Waals surface area contributed by atoms with E-state index in [9.17, 15) is 0 Å². The summed E-state index contributed by atoms with van der Waals surface area (Å²) in [4.78, 5) is 0. The summed E-state index contributed by atoms with van der Waals surface area (Å²) in [5.74, 6) is 0. The second kappa shape index (κ2) is 39.5. The van der Waals surface area contributed by atoms with Crippen LogP contribution >= 0.6 is 0 Å². The Hall–Kier alpha value is 0.920. The number of hydrogen-bond acceptors (Lipinski definition) is 0. The standard InChI is InChI=1S/Co.Ni.2H2O/h;;2*1H2. The molecule has 0 heterocycles. The molecule has 4 heavy (non-hydrogen) atoms. The van der Waals surface area contributed by atoms with Crippen molar-refractivity contribution in [2.75, 3.05) is 0 Å². The molecule has 4 heteroatoms. The van der Waals surface area contributed by atoms with E-state index in [-0.39, 0.29) is 44.2 Å². The Morgan fingerprint density at radius 3 is 0.750 bits per heavy atom. The molecule has 0 spiro atoms. The van der Waals surface area contributed by atoms with Gasteiger partial charge in [-0.3, -0.25) is 0 Å². The van der Waals surface area contributed by atoms with Gasteiger partial charge in [0.25, 0.3) is 0 Å². The molecule has 0 aromatic rings. The maximum absolute atomic E-state index is 0. The summed E-state index contributed by atoms with van der Waals surface area (Å²) < 4.78 is 0. The Balaban J connectivity index is 0. The van der Waals surface area contributed by atoms with Crippen LogP contribution in [0.15, 0.2) is 0 Å². The summed E-state index contributed by atoms with van der Waals surface area (Å²) >= 11 is 0. The SMILES string of the molecule is O.O.[Co].[Ni]. The van der Waals surface area contributed by atoms with Gasteiger partial charge in [0.1, 0.15) is 0 Å². The van der Waals surface area contributed by atoms with Crippen molar-refractivity contribution in [2.45, 2.75) is 0 Å². The van der Waals surface area contributed by atoms with E-state index in [2.05, 4.69) is 0 Å². The Morgan fingerprint density at radius 1 is 0.750 bits per heavy atom. The first-order chi connectivity index (χ1) is 0. The summed E-state index contributed by atoms with van der Waals surface area (Å²) in [5.41, 5.74) is 0. The van der Waals surface area contributed by atoms with Crippen molar-refractivity contribution >= 4 is 0 Å². The van der Waals surface area contributed by atoms with Gasteiger partial charge >= 0.3 is 0 Å². The molecule has 35 valence electrons. The zero-order chi connectivity index (χ0) is 0. The molecule has 0 bridgehead atoms. The molecule has 0 fully saturated rings. The van der Waals surface area contributed by atoms with E-state index in [4.69, 9.17) is 0 Å². The van der Waals surface area contributed by atoms with Gasteiger partial charge in [-0.2, -0.15) is 0 Å². The monoisotopic (exact) mass is 153 g/mol. The van der Waals surface area contributed by atoms with Crippen molar-refractivity contribution in [3.05, 3.63) is 0 Å². The van der Waals surface area contributed by atoms with Gasteiger partial charge in [-0.15, -0.1) is 0 Å². The van der Waals surface area contributed by atoms with Gasteiger partial charge in [-0.25, -0.2) is 0 Å². The van der Waals surface area contributed by atoms with Crippen LogP contribution in [0.4, 0.5) is 0 Å². The van der Waals surface area contributed by atoms with E-state index < -0.39 is 0 Å². The first-order valence-electron chi connectivity index (χ1n) is 0. The molecule has 0 aromatic heterocycles. The molecular formula is H4CoNiO2. The van der Waals surface area contributed by atoms with Gasteiger partial charge in [-0.05, 0) is 0 Å². The van der Waals surface area contributed by atoms with Crippen LogP contribution in [0.1, 0.15) is 0 Å². The van der Waals surface area contributed by atoms with Gasteiger partial charge in [0.15, 0.2) is 0 Å². The van der Waals surface area contributed by atoms with Gasteiger partial charge in [0.2, 0.25) is 0 Å².